The monoisotopic (exact) mass is 257 g/mol. The molecule has 0 radical (unpaired) electrons. The Kier molecular flexibility index (Phi) is 2.98. The molecule has 0 aliphatic carbocycles. The maximum absolute atomic E-state index is 5.29. The third-order valence-electron chi connectivity index (χ3n) is 2.16. The van der Waals surface area contributed by atoms with E-state index < -0.39 is 0 Å². The minimum absolute atomic E-state index is 0.773. The van der Waals surface area contributed by atoms with Gasteiger partial charge >= 0.3 is 0 Å². The summed E-state index contributed by atoms with van der Waals surface area (Å²) < 4.78 is 6.24. The fourth-order valence-electron chi connectivity index (χ4n) is 1.44. The lowest BCUT2D eigenvalue weighted by Crippen LogP contribution is -2.37. The summed E-state index contributed by atoms with van der Waals surface area (Å²) in [6, 6.07) is 0. The van der Waals surface area contributed by atoms with E-state index in [1.54, 1.807) is 6.20 Å². The molecule has 1 aromatic heterocycles. The van der Waals surface area contributed by atoms with Crippen molar-refractivity contribution in [1.82, 2.24) is 9.97 Å². The predicted molar refractivity (Wildman–Crippen MR) is 57.5 cm³/mol. The summed E-state index contributed by atoms with van der Waals surface area (Å²) in [5.41, 5.74) is 0. The third-order valence-corrected chi connectivity index (χ3v) is 2.72. The number of nitrogens with zero attached hydrogens (tertiary/aromatic N) is 3. The van der Waals surface area contributed by atoms with Gasteiger partial charge in [-0.05, 0) is 22.9 Å². The van der Waals surface area contributed by atoms with Crippen LogP contribution in [0.5, 0.6) is 0 Å². The lowest BCUT2D eigenvalue weighted by Gasteiger charge is -2.28. The molecule has 14 heavy (non-hydrogen) atoms. The van der Waals surface area contributed by atoms with E-state index in [4.69, 9.17) is 4.74 Å². The van der Waals surface area contributed by atoms with E-state index in [0.29, 0.717) is 0 Å². The standard InChI is InChI=1S/C9H12BrN3O/c1-7-11-6-8(10)9(12-7)13-2-4-14-5-3-13/h6H,2-5H2,1H3. The second kappa shape index (κ2) is 4.23. The summed E-state index contributed by atoms with van der Waals surface area (Å²) in [5, 5.41) is 0. The van der Waals surface area contributed by atoms with Gasteiger partial charge in [-0.3, -0.25) is 0 Å². The molecule has 0 amide bonds. The van der Waals surface area contributed by atoms with E-state index >= 15 is 0 Å². The van der Waals surface area contributed by atoms with Crippen molar-refractivity contribution in [2.75, 3.05) is 31.2 Å². The smallest absolute Gasteiger partial charge is 0.146 e. The van der Waals surface area contributed by atoms with Crippen molar-refractivity contribution in [3.63, 3.8) is 0 Å². The van der Waals surface area contributed by atoms with Crippen LogP contribution in [0, 0.1) is 6.92 Å². The molecule has 1 fully saturated rings. The Morgan fingerprint density at radius 3 is 2.86 bits per heavy atom. The second-order valence-electron chi connectivity index (χ2n) is 3.19. The minimum Gasteiger partial charge on any atom is -0.378 e. The summed E-state index contributed by atoms with van der Waals surface area (Å²) in [4.78, 5) is 10.7. The molecule has 0 unspecified atom stereocenters. The van der Waals surface area contributed by atoms with Gasteiger partial charge < -0.3 is 9.64 Å². The normalized spacial score (nSPS) is 17.1. The van der Waals surface area contributed by atoms with E-state index in [9.17, 15) is 0 Å². The Bertz CT molecular complexity index is 326. The Labute approximate surface area is 91.4 Å². The van der Waals surface area contributed by atoms with E-state index in [0.717, 1.165) is 42.4 Å². The van der Waals surface area contributed by atoms with Gasteiger partial charge in [-0.25, -0.2) is 9.97 Å². The summed E-state index contributed by atoms with van der Waals surface area (Å²) in [5.74, 6) is 1.77. The van der Waals surface area contributed by atoms with E-state index in [-0.39, 0.29) is 0 Å². The Morgan fingerprint density at radius 1 is 1.43 bits per heavy atom. The summed E-state index contributed by atoms with van der Waals surface area (Å²) >= 11 is 3.46. The average Bonchev–Trinajstić information content (AvgIpc) is 2.23. The largest absolute Gasteiger partial charge is 0.378 e. The van der Waals surface area contributed by atoms with Crippen LogP contribution in [0.15, 0.2) is 10.7 Å². The zero-order chi connectivity index (χ0) is 9.97. The number of rotatable bonds is 1. The third kappa shape index (κ3) is 2.04. The Balaban J connectivity index is 2.24. The number of morpholine rings is 1. The van der Waals surface area contributed by atoms with E-state index in [1.807, 2.05) is 6.92 Å². The maximum atomic E-state index is 5.29. The Morgan fingerprint density at radius 2 is 2.14 bits per heavy atom. The van der Waals surface area contributed by atoms with Crippen LogP contribution < -0.4 is 4.90 Å². The highest BCUT2D eigenvalue weighted by Crippen LogP contribution is 2.23. The van der Waals surface area contributed by atoms with E-state index in [1.165, 1.54) is 0 Å². The van der Waals surface area contributed by atoms with Crippen LogP contribution in [-0.2, 0) is 4.74 Å². The van der Waals surface area contributed by atoms with Gasteiger partial charge in [0, 0.05) is 19.3 Å². The molecular weight excluding hydrogens is 246 g/mol. The molecule has 1 saturated heterocycles. The van der Waals surface area contributed by atoms with Gasteiger partial charge in [0.2, 0.25) is 0 Å². The summed E-state index contributed by atoms with van der Waals surface area (Å²) in [6.07, 6.45) is 1.80. The lowest BCUT2D eigenvalue weighted by molar-refractivity contribution is 0.122. The first kappa shape index (κ1) is 9.86. The number of anilines is 1. The van der Waals surface area contributed by atoms with Crippen LogP contribution >= 0.6 is 15.9 Å². The molecule has 0 N–H and O–H groups in total. The van der Waals surface area contributed by atoms with Crippen LogP contribution in [-0.4, -0.2) is 36.3 Å². The average molecular weight is 258 g/mol. The maximum Gasteiger partial charge on any atom is 0.146 e. The lowest BCUT2D eigenvalue weighted by atomic mass is 10.4. The molecule has 0 saturated carbocycles. The van der Waals surface area contributed by atoms with Crippen molar-refractivity contribution in [2.45, 2.75) is 6.92 Å². The van der Waals surface area contributed by atoms with Gasteiger partial charge in [0.05, 0.1) is 17.7 Å². The van der Waals surface area contributed by atoms with Crippen molar-refractivity contribution in [1.29, 1.82) is 0 Å². The van der Waals surface area contributed by atoms with Gasteiger partial charge in [-0.1, -0.05) is 0 Å². The molecule has 0 atom stereocenters. The molecular formula is C9H12BrN3O. The van der Waals surface area contributed by atoms with Crippen LogP contribution in [0.4, 0.5) is 5.82 Å². The predicted octanol–water partition coefficient (Wildman–Crippen LogP) is 1.38. The number of hydrogen-bond donors (Lipinski definition) is 0. The summed E-state index contributed by atoms with van der Waals surface area (Å²) in [6.45, 7) is 5.24. The zero-order valence-electron chi connectivity index (χ0n) is 8.03. The number of aromatic nitrogens is 2. The van der Waals surface area contributed by atoms with Crippen LogP contribution in [0.2, 0.25) is 0 Å². The molecule has 0 spiro atoms. The minimum atomic E-state index is 0.773. The molecule has 76 valence electrons. The van der Waals surface area contributed by atoms with Crippen molar-refractivity contribution in [3.8, 4) is 0 Å². The van der Waals surface area contributed by atoms with Crippen LogP contribution in [0.3, 0.4) is 0 Å². The highest BCUT2D eigenvalue weighted by Gasteiger charge is 2.15. The molecule has 5 heteroatoms. The fraction of sp³-hybridized carbons (Fsp3) is 0.556. The topological polar surface area (TPSA) is 38.2 Å². The van der Waals surface area contributed by atoms with Crippen molar-refractivity contribution in [2.24, 2.45) is 0 Å². The van der Waals surface area contributed by atoms with Crippen LogP contribution in [0.25, 0.3) is 0 Å². The molecule has 1 aliphatic rings. The molecule has 2 rings (SSSR count). The molecule has 2 heterocycles. The number of aryl methyl sites for hydroxylation is 1. The van der Waals surface area contributed by atoms with Crippen LogP contribution in [0.1, 0.15) is 5.82 Å². The first-order chi connectivity index (χ1) is 6.77. The summed E-state index contributed by atoms with van der Waals surface area (Å²) in [7, 11) is 0. The van der Waals surface area contributed by atoms with Gasteiger partial charge in [0.15, 0.2) is 0 Å². The first-order valence-electron chi connectivity index (χ1n) is 4.59. The van der Waals surface area contributed by atoms with Gasteiger partial charge in [-0.2, -0.15) is 0 Å². The SMILES string of the molecule is Cc1ncc(Br)c(N2CCOCC2)n1. The van der Waals surface area contributed by atoms with E-state index in [2.05, 4.69) is 30.8 Å². The highest BCUT2D eigenvalue weighted by atomic mass is 79.9. The first-order valence-corrected chi connectivity index (χ1v) is 5.38. The number of halogens is 1. The zero-order valence-corrected chi connectivity index (χ0v) is 9.62. The molecule has 4 nitrogen and oxygen atoms in total. The van der Waals surface area contributed by atoms with Crippen molar-refractivity contribution >= 4 is 21.7 Å². The highest BCUT2D eigenvalue weighted by molar-refractivity contribution is 9.10. The molecule has 1 aliphatic heterocycles. The Hall–Kier alpha value is -0.680. The number of hydrogen-bond acceptors (Lipinski definition) is 4. The number of ether oxygens (including phenoxy) is 1. The van der Waals surface area contributed by atoms with Gasteiger partial charge in [-0.15, -0.1) is 0 Å². The molecule has 0 bridgehead atoms. The van der Waals surface area contributed by atoms with Gasteiger partial charge in [0.25, 0.3) is 0 Å². The fourth-order valence-corrected chi connectivity index (χ4v) is 1.88. The van der Waals surface area contributed by atoms with Crippen molar-refractivity contribution in [3.05, 3.63) is 16.5 Å². The molecule has 1 aromatic rings. The quantitative estimate of drug-likeness (QED) is 0.762. The molecule has 0 aromatic carbocycles. The van der Waals surface area contributed by atoms with Crippen molar-refractivity contribution < 1.29 is 4.74 Å². The second-order valence-corrected chi connectivity index (χ2v) is 4.04. The van der Waals surface area contributed by atoms with Gasteiger partial charge in [0.1, 0.15) is 11.6 Å².